The Labute approximate surface area is 131 Å². The molecule has 1 aromatic carbocycles. The van der Waals surface area contributed by atoms with Crippen LogP contribution in [0.25, 0.3) is 10.1 Å². The summed E-state index contributed by atoms with van der Waals surface area (Å²) in [6, 6.07) is 5.90. The van der Waals surface area contributed by atoms with E-state index in [1.54, 1.807) is 0 Å². The zero-order valence-corrected chi connectivity index (χ0v) is 14.1. The fraction of sp³-hybridized carbons (Fsp3) is 0.400. The number of amides is 1. The quantitative estimate of drug-likeness (QED) is 0.835. The Morgan fingerprint density at radius 2 is 2.10 bits per heavy atom. The van der Waals surface area contributed by atoms with Gasteiger partial charge in [0, 0.05) is 21.1 Å². The number of hydrogen-bond acceptors (Lipinski definition) is 3. The number of nitrogens with two attached hydrogens (primary N) is 1. The lowest BCUT2D eigenvalue weighted by Gasteiger charge is -2.12. The molecule has 0 aliphatic heterocycles. The largest absolute Gasteiger partial charge is 0.397 e. The van der Waals surface area contributed by atoms with E-state index in [2.05, 4.69) is 35.1 Å². The molecule has 0 aliphatic rings. The van der Waals surface area contributed by atoms with Gasteiger partial charge in [-0.05, 0) is 24.1 Å². The maximum Gasteiger partial charge on any atom is 0.263 e. The highest BCUT2D eigenvalue weighted by atomic mass is 79.9. The summed E-state index contributed by atoms with van der Waals surface area (Å²) < 4.78 is 2.01. The number of carbonyl (C=O) groups is 1. The first-order chi connectivity index (χ1) is 9.56. The third-order valence-corrected chi connectivity index (χ3v) is 5.28. The second kappa shape index (κ2) is 6.59. The predicted octanol–water partition coefficient (Wildman–Crippen LogP) is 4.41. The maximum atomic E-state index is 12.3. The molecule has 1 aromatic heterocycles. The minimum atomic E-state index is -0.0632. The Morgan fingerprint density at radius 3 is 2.75 bits per heavy atom. The van der Waals surface area contributed by atoms with E-state index in [9.17, 15) is 4.79 Å². The molecule has 0 saturated heterocycles. The van der Waals surface area contributed by atoms with Crippen LogP contribution in [0, 0.1) is 5.92 Å². The van der Waals surface area contributed by atoms with Crippen LogP contribution in [0.3, 0.4) is 0 Å². The lowest BCUT2D eigenvalue weighted by Crippen LogP contribution is -2.28. The minimum Gasteiger partial charge on any atom is -0.397 e. The van der Waals surface area contributed by atoms with E-state index in [-0.39, 0.29) is 5.91 Å². The van der Waals surface area contributed by atoms with Gasteiger partial charge in [-0.15, -0.1) is 11.3 Å². The van der Waals surface area contributed by atoms with Gasteiger partial charge in [-0.1, -0.05) is 42.6 Å². The Hall–Kier alpha value is -1.07. The van der Waals surface area contributed by atoms with Crippen LogP contribution in [-0.2, 0) is 0 Å². The fourth-order valence-corrected chi connectivity index (χ4v) is 3.53. The van der Waals surface area contributed by atoms with Crippen LogP contribution in [-0.4, -0.2) is 12.5 Å². The van der Waals surface area contributed by atoms with Crippen molar-refractivity contribution in [1.82, 2.24) is 5.32 Å². The van der Waals surface area contributed by atoms with Gasteiger partial charge in [-0.2, -0.15) is 0 Å². The summed E-state index contributed by atoms with van der Waals surface area (Å²) in [5.41, 5.74) is 6.69. The van der Waals surface area contributed by atoms with Crippen LogP contribution in [0.1, 0.15) is 36.4 Å². The van der Waals surface area contributed by atoms with E-state index < -0.39 is 0 Å². The van der Waals surface area contributed by atoms with Crippen molar-refractivity contribution in [3.63, 3.8) is 0 Å². The van der Waals surface area contributed by atoms with E-state index in [4.69, 9.17) is 5.73 Å². The molecule has 0 radical (unpaired) electrons. The molecule has 1 amide bonds. The van der Waals surface area contributed by atoms with Gasteiger partial charge in [0.2, 0.25) is 0 Å². The van der Waals surface area contributed by atoms with Gasteiger partial charge in [-0.25, -0.2) is 0 Å². The predicted molar refractivity (Wildman–Crippen MR) is 90.3 cm³/mol. The molecule has 0 saturated carbocycles. The second-order valence-electron chi connectivity index (χ2n) is 4.88. The normalized spacial score (nSPS) is 11.2. The minimum absolute atomic E-state index is 0.0632. The molecule has 0 bridgehead atoms. The van der Waals surface area contributed by atoms with Crippen LogP contribution in [0.2, 0.25) is 0 Å². The first kappa shape index (κ1) is 15.3. The number of fused-ring (bicyclic) bond motifs is 1. The number of nitrogens with one attached hydrogen (secondary N) is 1. The first-order valence-corrected chi connectivity index (χ1v) is 8.43. The smallest absolute Gasteiger partial charge is 0.263 e. The number of rotatable bonds is 5. The first-order valence-electron chi connectivity index (χ1n) is 6.82. The number of hydrogen-bond donors (Lipinski definition) is 2. The van der Waals surface area contributed by atoms with Gasteiger partial charge in [0.25, 0.3) is 5.91 Å². The molecular formula is C15H19BrN2OS. The average Bonchev–Trinajstić information content (AvgIpc) is 2.77. The summed E-state index contributed by atoms with van der Waals surface area (Å²) >= 11 is 4.88. The van der Waals surface area contributed by atoms with E-state index in [0.717, 1.165) is 27.4 Å². The van der Waals surface area contributed by atoms with Gasteiger partial charge in [0.1, 0.15) is 4.88 Å². The van der Waals surface area contributed by atoms with Crippen molar-refractivity contribution in [3.05, 3.63) is 27.5 Å². The van der Waals surface area contributed by atoms with Gasteiger partial charge in [-0.3, -0.25) is 4.79 Å². The van der Waals surface area contributed by atoms with Crippen molar-refractivity contribution in [2.24, 2.45) is 5.92 Å². The Morgan fingerprint density at radius 1 is 1.40 bits per heavy atom. The Bertz CT molecular complexity index is 620. The van der Waals surface area contributed by atoms with Crippen molar-refractivity contribution in [2.75, 3.05) is 12.3 Å². The van der Waals surface area contributed by atoms with Crippen LogP contribution in [0.5, 0.6) is 0 Å². The highest BCUT2D eigenvalue weighted by molar-refractivity contribution is 9.10. The molecule has 3 nitrogen and oxygen atoms in total. The highest BCUT2D eigenvalue weighted by Gasteiger charge is 2.17. The molecule has 5 heteroatoms. The topological polar surface area (TPSA) is 55.1 Å². The van der Waals surface area contributed by atoms with Crippen molar-refractivity contribution in [3.8, 4) is 0 Å². The van der Waals surface area contributed by atoms with Crippen LogP contribution in [0.15, 0.2) is 22.7 Å². The van der Waals surface area contributed by atoms with Crippen LogP contribution < -0.4 is 11.1 Å². The zero-order valence-electron chi connectivity index (χ0n) is 11.7. The summed E-state index contributed by atoms with van der Waals surface area (Å²) in [4.78, 5) is 12.9. The van der Waals surface area contributed by atoms with E-state index >= 15 is 0 Å². The van der Waals surface area contributed by atoms with Crippen LogP contribution >= 0.6 is 27.3 Å². The van der Waals surface area contributed by atoms with Gasteiger partial charge in [0.05, 0.1) is 5.69 Å². The number of benzene rings is 1. The Balaban J connectivity index is 2.20. The standard InChI is InChI=1S/C15H19BrN2OS/c1-3-9(4-2)8-18-15(19)14-13(17)11-7-10(16)5-6-12(11)20-14/h5-7,9H,3-4,8,17H2,1-2H3,(H,18,19). The third-order valence-electron chi connectivity index (χ3n) is 3.60. The van der Waals surface area contributed by atoms with Crippen molar-refractivity contribution in [2.45, 2.75) is 26.7 Å². The molecule has 1 heterocycles. The molecule has 0 atom stereocenters. The average molecular weight is 355 g/mol. The highest BCUT2D eigenvalue weighted by Crippen LogP contribution is 2.35. The SMILES string of the molecule is CCC(CC)CNC(=O)c1sc2ccc(Br)cc2c1N. The molecule has 2 rings (SSSR count). The monoisotopic (exact) mass is 354 g/mol. The molecule has 0 spiro atoms. The van der Waals surface area contributed by atoms with E-state index in [1.165, 1.54) is 11.3 Å². The number of carbonyl (C=O) groups excluding carboxylic acids is 1. The summed E-state index contributed by atoms with van der Waals surface area (Å²) in [6.45, 7) is 5.00. The molecule has 0 aliphatic carbocycles. The molecule has 20 heavy (non-hydrogen) atoms. The lowest BCUT2D eigenvalue weighted by molar-refractivity contribution is 0.0951. The molecular weight excluding hydrogens is 336 g/mol. The summed E-state index contributed by atoms with van der Waals surface area (Å²) in [5.74, 6) is 0.468. The zero-order chi connectivity index (χ0) is 14.7. The van der Waals surface area contributed by atoms with Gasteiger partial charge >= 0.3 is 0 Å². The van der Waals surface area contributed by atoms with E-state index in [1.807, 2.05) is 18.2 Å². The van der Waals surface area contributed by atoms with Crippen molar-refractivity contribution >= 4 is 48.9 Å². The molecule has 0 fully saturated rings. The summed E-state index contributed by atoms with van der Waals surface area (Å²) in [5, 5.41) is 3.94. The number of halogens is 1. The maximum absolute atomic E-state index is 12.3. The number of thiophene rings is 1. The van der Waals surface area contributed by atoms with Crippen molar-refractivity contribution < 1.29 is 4.79 Å². The fourth-order valence-electron chi connectivity index (χ4n) is 2.15. The molecule has 3 N–H and O–H groups in total. The van der Waals surface area contributed by atoms with Gasteiger partial charge in [0.15, 0.2) is 0 Å². The molecule has 0 unspecified atom stereocenters. The van der Waals surface area contributed by atoms with Crippen LogP contribution in [0.4, 0.5) is 5.69 Å². The molecule has 108 valence electrons. The molecule has 2 aromatic rings. The third kappa shape index (κ3) is 3.15. The second-order valence-corrected chi connectivity index (χ2v) is 6.85. The number of nitrogen functional groups attached to an aromatic ring is 1. The summed E-state index contributed by atoms with van der Waals surface area (Å²) in [6.07, 6.45) is 2.15. The van der Waals surface area contributed by atoms with Crippen molar-refractivity contribution in [1.29, 1.82) is 0 Å². The lowest BCUT2D eigenvalue weighted by atomic mass is 10.0. The van der Waals surface area contributed by atoms with Gasteiger partial charge < -0.3 is 11.1 Å². The van der Waals surface area contributed by atoms with E-state index in [0.29, 0.717) is 23.0 Å². The Kier molecular flexibility index (Phi) is 5.05. The number of anilines is 1. The summed E-state index contributed by atoms with van der Waals surface area (Å²) in [7, 11) is 0.